The summed E-state index contributed by atoms with van der Waals surface area (Å²) in [6, 6.07) is 3.92. The largest absolute Gasteiger partial charge is 0.481 e. The average molecular weight is 305 g/mol. The summed E-state index contributed by atoms with van der Waals surface area (Å²) in [6.45, 7) is 3.64. The SMILES string of the molecule is Cc1ccnc(Sc2nc(C)c(CC(=O)O)s2)c1C#N. The summed E-state index contributed by atoms with van der Waals surface area (Å²) in [5, 5.41) is 18.6. The molecule has 2 rings (SSSR count). The molecule has 0 aliphatic heterocycles. The summed E-state index contributed by atoms with van der Waals surface area (Å²) >= 11 is 2.63. The van der Waals surface area contributed by atoms with Crippen LogP contribution in [0.2, 0.25) is 0 Å². The van der Waals surface area contributed by atoms with Gasteiger partial charge in [-0.25, -0.2) is 9.97 Å². The van der Waals surface area contributed by atoms with E-state index in [-0.39, 0.29) is 6.42 Å². The molecule has 0 saturated carbocycles. The van der Waals surface area contributed by atoms with Crippen molar-refractivity contribution in [2.45, 2.75) is 29.6 Å². The smallest absolute Gasteiger partial charge is 0.308 e. The normalized spacial score (nSPS) is 10.2. The van der Waals surface area contributed by atoms with E-state index in [0.29, 0.717) is 20.6 Å². The summed E-state index contributed by atoms with van der Waals surface area (Å²) in [4.78, 5) is 20.0. The number of aliphatic carboxylic acids is 1. The van der Waals surface area contributed by atoms with Crippen LogP contribution in [0.3, 0.4) is 0 Å². The fourth-order valence-electron chi connectivity index (χ4n) is 1.58. The standard InChI is InChI=1S/C13H11N3O2S2/c1-7-3-4-15-12(9(7)6-14)20-13-16-8(2)10(19-13)5-11(17)18/h3-4H,5H2,1-2H3,(H,17,18). The molecule has 20 heavy (non-hydrogen) atoms. The molecule has 7 heteroatoms. The minimum Gasteiger partial charge on any atom is -0.481 e. The zero-order valence-electron chi connectivity index (χ0n) is 10.9. The first-order valence-corrected chi connectivity index (χ1v) is 7.36. The van der Waals surface area contributed by atoms with Crippen LogP contribution in [0, 0.1) is 25.2 Å². The van der Waals surface area contributed by atoms with Crippen molar-refractivity contribution in [2.24, 2.45) is 0 Å². The molecule has 5 nitrogen and oxygen atoms in total. The number of carboxylic acid groups (broad SMARTS) is 1. The molecule has 0 aliphatic carbocycles. The number of carbonyl (C=O) groups is 1. The molecule has 0 spiro atoms. The van der Waals surface area contributed by atoms with E-state index in [1.807, 2.05) is 6.92 Å². The highest BCUT2D eigenvalue weighted by molar-refractivity contribution is 8.01. The van der Waals surface area contributed by atoms with Crippen molar-refractivity contribution in [1.82, 2.24) is 9.97 Å². The van der Waals surface area contributed by atoms with Crippen LogP contribution < -0.4 is 0 Å². The maximum atomic E-state index is 10.8. The Kier molecular flexibility index (Phi) is 4.37. The fourth-order valence-corrected chi connectivity index (χ4v) is 3.83. The molecule has 0 aromatic carbocycles. The Hall–Kier alpha value is -1.91. The second kappa shape index (κ2) is 6.03. The van der Waals surface area contributed by atoms with Crippen molar-refractivity contribution in [1.29, 1.82) is 5.26 Å². The molecule has 2 aromatic heterocycles. The first-order chi connectivity index (χ1) is 9.51. The van der Waals surface area contributed by atoms with E-state index in [1.165, 1.54) is 23.1 Å². The van der Waals surface area contributed by atoms with Gasteiger partial charge < -0.3 is 5.11 Å². The van der Waals surface area contributed by atoms with E-state index in [1.54, 1.807) is 19.2 Å². The fraction of sp³-hybridized carbons (Fsp3) is 0.231. The Bertz CT molecular complexity index is 704. The van der Waals surface area contributed by atoms with Crippen LogP contribution in [0.15, 0.2) is 21.6 Å². The third kappa shape index (κ3) is 3.15. The molecule has 0 saturated heterocycles. The molecule has 0 radical (unpaired) electrons. The van der Waals surface area contributed by atoms with Crippen molar-refractivity contribution < 1.29 is 9.90 Å². The van der Waals surface area contributed by atoms with Gasteiger partial charge in [-0.05, 0) is 37.2 Å². The third-order valence-electron chi connectivity index (χ3n) is 2.61. The molecule has 0 bridgehead atoms. The highest BCUT2D eigenvalue weighted by Crippen LogP contribution is 2.34. The van der Waals surface area contributed by atoms with Gasteiger partial charge in [0.05, 0.1) is 17.7 Å². The second-order valence-electron chi connectivity index (χ2n) is 4.08. The number of thiazole rings is 1. The highest BCUT2D eigenvalue weighted by atomic mass is 32.2. The predicted molar refractivity (Wildman–Crippen MR) is 76.0 cm³/mol. The number of nitriles is 1. The summed E-state index contributed by atoms with van der Waals surface area (Å²) in [5.41, 5.74) is 2.11. The second-order valence-corrected chi connectivity index (χ2v) is 6.40. The Balaban J connectivity index is 2.30. The Morgan fingerprint density at radius 2 is 2.30 bits per heavy atom. The number of hydrogen-bond acceptors (Lipinski definition) is 6. The molecule has 0 aliphatic rings. The van der Waals surface area contributed by atoms with Crippen LogP contribution >= 0.6 is 23.1 Å². The zero-order valence-corrected chi connectivity index (χ0v) is 12.5. The first kappa shape index (κ1) is 14.5. The lowest BCUT2D eigenvalue weighted by molar-refractivity contribution is -0.136. The van der Waals surface area contributed by atoms with Crippen molar-refractivity contribution >= 4 is 29.1 Å². The van der Waals surface area contributed by atoms with E-state index < -0.39 is 5.97 Å². The quantitative estimate of drug-likeness (QED) is 0.934. The summed E-state index contributed by atoms with van der Waals surface area (Å²) in [6.07, 6.45) is 1.62. The zero-order chi connectivity index (χ0) is 14.7. The number of carboxylic acids is 1. The van der Waals surface area contributed by atoms with Gasteiger partial charge in [0.2, 0.25) is 0 Å². The van der Waals surface area contributed by atoms with Gasteiger partial charge in [-0.2, -0.15) is 5.26 Å². The highest BCUT2D eigenvalue weighted by Gasteiger charge is 2.14. The van der Waals surface area contributed by atoms with Crippen LogP contribution in [-0.4, -0.2) is 21.0 Å². The van der Waals surface area contributed by atoms with Crippen LogP contribution in [0.5, 0.6) is 0 Å². The van der Waals surface area contributed by atoms with Crippen molar-refractivity contribution in [2.75, 3.05) is 0 Å². The van der Waals surface area contributed by atoms with Gasteiger partial charge in [0.15, 0.2) is 4.34 Å². The number of aromatic nitrogens is 2. The first-order valence-electron chi connectivity index (χ1n) is 5.73. The molecule has 2 aromatic rings. The lowest BCUT2D eigenvalue weighted by atomic mass is 10.2. The van der Waals surface area contributed by atoms with Crippen LogP contribution in [-0.2, 0) is 11.2 Å². The van der Waals surface area contributed by atoms with E-state index in [2.05, 4.69) is 16.0 Å². The molecule has 102 valence electrons. The summed E-state index contributed by atoms with van der Waals surface area (Å²) in [7, 11) is 0. The van der Waals surface area contributed by atoms with Gasteiger partial charge in [0, 0.05) is 11.1 Å². The number of hydrogen-bond donors (Lipinski definition) is 1. The topological polar surface area (TPSA) is 86.9 Å². The van der Waals surface area contributed by atoms with Crippen molar-refractivity contribution in [3.8, 4) is 6.07 Å². The lowest BCUT2D eigenvalue weighted by Gasteiger charge is -2.02. The molecular formula is C13H11N3O2S2. The van der Waals surface area contributed by atoms with Crippen LogP contribution in [0.4, 0.5) is 0 Å². The molecular weight excluding hydrogens is 294 g/mol. The van der Waals surface area contributed by atoms with Crippen molar-refractivity contribution in [3.63, 3.8) is 0 Å². The van der Waals surface area contributed by atoms with Gasteiger partial charge in [-0.3, -0.25) is 4.79 Å². The molecule has 0 amide bonds. The molecule has 2 heterocycles. The summed E-state index contributed by atoms with van der Waals surface area (Å²) in [5.74, 6) is -0.875. The number of rotatable bonds is 4. The van der Waals surface area contributed by atoms with E-state index in [4.69, 9.17) is 10.4 Å². The van der Waals surface area contributed by atoms with Crippen LogP contribution in [0.1, 0.15) is 21.7 Å². The average Bonchev–Trinajstić information content (AvgIpc) is 2.69. The lowest BCUT2D eigenvalue weighted by Crippen LogP contribution is -1.99. The van der Waals surface area contributed by atoms with Crippen LogP contribution in [0.25, 0.3) is 0 Å². The third-order valence-corrected chi connectivity index (χ3v) is 4.83. The van der Waals surface area contributed by atoms with Gasteiger partial charge in [-0.15, -0.1) is 11.3 Å². The minimum atomic E-state index is -0.875. The monoisotopic (exact) mass is 305 g/mol. The molecule has 1 N–H and O–H groups in total. The van der Waals surface area contributed by atoms with Gasteiger partial charge >= 0.3 is 5.97 Å². The Morgan fingerprint density at radius 3 is 2.95 bits per heavy atom. The van der Waals surface area contributed by atoms with Gasteiger partial charge in [-0.1, -0.05) is 0 Å². The van der Waals surface area contributed by atoms with Gasteiger partial charge in [0.25, 0.3) is 0 Å². The Labute approximate surface area is 124 Å². The molecule has 0 atom stereocenters. The molecule has 0 fully saturated rings. The van der Waals surface area contributed by atoms with E-state index >= 15 is 0 Å². The molecule has 0 unspecified atom stereocenters. The Morgan fingerprint density at radius 1 is 1.55 bits per heavy atom. The maximum absolute atomic E-state index is 10.8. The summed E-state index contributed by atoms with van der Waals surface area (Å²) < 4.78 is 0.702. The van der Waals surface area contributed by atoms with E-state index in [0.717, 1.165) is 10.4 Å². The van der Waals surface area contributed by atoms with Crippen molar-refractivity contribution in [3.05, 3.63) is 34.0 Å². The number of pyridine rings is 1. The van der Waals surface area contributed by atoms with Gasteiger partial charge in [0.1, 0.15) is 11.1 Å². The minimum absolute atomic E-state index is 0.0313. The number of nitrogens with zero attached hydrogens (tertiary/aromatic N) is 3. The number of aryl methyl sites for hydroxylation is 2. The predicted octanol–water partition coefficient (Wildman–Crippen LogP) is 2.80. The maximum Gasteiger partial charge on any atom is 0.308 e. The van der Waals surface area contributed by atoms with E-state index in [9.17, 15) is 4.79 Å².